The fourth-order valence-corrected chi connectivity index (χ4v) is 6.41. The third-order valence-corrected chi connectivity index (χ3v) is 9.14. The lowest BCUT2D eigenvalue weighted by molar-refractivity contribution is -0.159. The average molecular weight is 617 g/mol. The Balaban J connectivity index is 0.000000483. The molecule has 0 radical (unpaired) electrons. The number of halogens is 2. The number of carbonyl (C=O) groups excluding carboxylic acids is 1. The van der Waals surface area contributed by atoms with Crippen LogP contribution in [0.1, 0.15) is 50.6 Å². The number of amides is 1. The number of carboxylic acid groups (broad SMARTS) is 1. The van der Waals surface area contributed by atoms with E-state index in [9.17, 15) is 18.9 Å². The first-order valence-electron chi connectivity index (χ1n) is 13.6. The van der Waals surface area contributed by atoms with E-state index in [1.807, 2.05) is 71.6 Å². The molecule has 4 atom stereocenters. The number of piperidine rings is 1. The van der Waals surface area contributed by atoms with Gasteiger partial charge in [-0.1, -0.05) is 66.5 Å². The molecular weight excluding hydrogens is 581 g/mol. The van der Waals surface area contributed by atoms with E-state index >= 15 is 0 Å². The van der Waals surface area contributed by atoms with E-state index in [-0.39, 0.29) is 30.3 Å². The quantitative estimate of drug-likeness (QED) is 0.286. The molecule has 0 spiro atoms. The number of benzene rings is 2. The van der Waals surface area contributed by atoms with E-state index in [0.29, 0.717) is 30.2 Å². The lowest BCUT2D eigenvalue weighted by Gasteiger charge is -2.49. The van der Waals surface area contributed by atoms with Crippen molar-refractivity contribution in [3.05, 3.63) is 94.6 Å². The Morgan fingerprint density at radius 2 is 1.68 bits per heavy atom. The number of anilines is 1. The minimum absolute atomic E-state index is 0.152. The summed E-state index contributed by atoms with van der Waals surface area (Å²) in [6.07, 6.45) is 6.16. The van der Waals surface area contributed by atoms with Gasteiger partial charge in [-0.05, 0) is 73.6 Å². The number of hydrogen-bond donors (Lipinski definition) is 1. The van der Waals surface area contributed by atoms with Gasteiger partial charge in [0.1, 0.15) is 16.8 Å². The van der Waals surface area contributed by atoms with Crippen molar-refractivity contribution in [3.63, 3.8) is 0 Å². The van der Waals surface area contributed by atoms with Gasteiger partial charge in [-0.2, -0.15) is 0 Å². The molecule has 7 nitrogen and oxygen atoms in total. The normalized spacial score (nSPS) is 21.8. The number of carbonyl (C=O) groups is 2. The maximum absolute atomic E-state index is 14.0. The Bertz CT molecular complexity index is 1340. The van der Waals surface area contributed by atoms with Crippen LogP contribution in [0.4, 0.5) is 5.82 Å². The van der Waals surface area contributed by atoms with Crippen molar-refractivity contribution in [1.29, 1.82) is 0 Å². The standard InChI is InChI=1S/C25H30ClN3O4S.C6H5Cl/c1-25(15-23(30)31)13-12-20(17-8-10-19(26)11-9-17)29(24(25)32)21(18-6-7-18)16-28(34(2)33)22-5-3-4-14-27-22;7-6-4-2-1-3-5-6/h3-5,8-11,14,18,20-21H,6-7,12-13,15-16H2,1-2H3,(H,30,31);1-5H/t20-,21?,25+,34?;/m0./s1. The number of aromatic nitrogens is 1. The molecule has 10 heteroatoms. The van der Waals surface area contributed by atoms with Gasteiger partial charge in [-0.25, -0.2) is 9.19 Å². The zero-order chi connectivity index (χ0) is 29.6. The summed E-state index contributed by atoms with van der Waals surface area (Å²) in [4.78, 5) is 31.9. The number of nitrogens with zero attached hydrogens (tertiary/aromatic N) is 3. The van der Waals surface area contributed by atoms with E-state index in [1.165, 1.54) is 0 Å². The summed E-state index contributed by atoms with van der Waals surface area (Å²) in [7, 11) is -1.35. The molecule has 3 aromatic rings. The van der Waals surface area contributed by atoms with Gasteiger partial charge in [0.15, 0.2) is 0 Å². The van der Waals surface area contributed by atoms with Gasteiger partial charge in [-0.15, -0.1) is 0 Å². The molecule has 0 bridgehead atoms. The number of likely N-dealkylation sites (tertiary alicyclic amines) is 1. The first kappa shape index (κ1) is 31.0. The van der Waals surface area contributed by atoms with E-state index in [2.05, 4.69) is 4.98 Å². The zero-order valence-electron chi connectivity index (χ0n) is 23.2. The number of rotatable bonds is 9. The van der Waals surface area contributed by atoms with E-state index < -0.39 is 22.4 Å². The van der Waals surface area contributed by atoms with Gasteiger partial charge < -0.3 is 10.0 Å². The molecule has 2 aromatic carbocycles. The van der Waals surface area contributed by atoms with E-state index in [1.54, 1.807) is 29.7 Å². The van der Waals surface area contributed by atoms with E-state index in [4.69, 9.17) is 23.2 Å². The van der Waals surface area contributed by atoms with Gasteiger partial charge in [0.25, 0.3) is 0 Å². The fourth-order valence-electron chi connectivity index (χ4n) is 5.41. The second-order valence-electron chi connectivity index (χ2n) is 10.8. The topological polar surface area (TPSA) is 90.8 Å². The smallest absolute Gasteiger partial charge is 0.304 e. The summed E-state index contributed by atoms with van der Waals surface area (Å²) in [6, 6.07) is 22.0. The van der Waals surface area contributed by atoms with Crippen LogP contribution in [0, 0.1) is 11.3 Å². The molecule has 41 heavy (non-hydrogen) atoms. The third kappa shape index (κ3) is 8.09. The predicted molar refractivity (Wildman–Crippen MR) is 164 cm³/mol. The highest BCUT2D eigenvalue weighted by Gasteiger charge is 2.51. The maximum Gasteiger partial charge on any atom is 0.304 e. The summed E-state index contributed by atoms with van der Waals surface area (Å²) in [5.41, 5.74) is -0.00825. The monoisotopic (exact) mass is 615 g/mol. The van der Waals surface area contributed by atoms with Crippen molar-refractivity contribution in [2.75, 3.05) is 17.1 Å². The van der Waals surface area contributed by atoms with Crippen LogP contribution in [0.5, 0.6) is 0 Å². The fraction of sp³-hybridized carbons (Fsp3) is 0.387. The SMILES string of the molecule is CS(=O)N(CC(C1CC1)N1C(=O)[C@@](C)(CC(=O)O)CC[C@H]1c1ccc(Cl)cc1)c1ccccn1.Clc1ccccc1. The van der Waals surface area contributed by atoms with Crippen molar-refractivity contribution in [2.45, 2.75) is 51.1 Å². The molecule has 218 valence electrons. The molecule has 1 saturated heterocycles. The Hall–Kier alpha value is -2.94. The molecular formula is C31H35Cl2N3O4S. The number of carboxylic acids is 1. The molecule has 1 N–H and O–H groups in total. The molecule has 2 aliphatic rings. The van der Waals surface area contributed by atoms with Crippen molar-refractivity contribution >= 4 is 51.9 Å². The van der Waals surface area contributed by atoms with Gasteiger partial charge in [0, 0.05) is 22.5 Å². The van der Waals surface area contributed by atoms with Crippen LogP contribution in [0.2, 0.25) is 10.0 Å². The number of aliphatic carboxylic acids is 1. The zero-order valence-corrected chi connectivity index (χ0v) is 25.5. The highest BCUT2D eigenvalue weighted by Crippen LogP contribution is 2.48. The number of hydrogen-bond acceptors (Lipinski definition) is 4. The molecule has 1 aromatic heterocycles. The molecule has 2 unspecified atom stereocenters. The average Bonchev–Trinajstić information content (AvgIpc) is 3.78. The lowest BCUT2D eigenvalue weighted by atomic mass is 9.74. The van der Waals surface area contributed by atoms with Crippen LogP contribution in [0.3, 0.4) is 0 Å². The molecule has 1 saturated carbocycles. The molecule has 1 amide bonds. The predicted octanol–water partition coefficient (Wildman–Crippen LogP) is 6.80. The highest BCUT2D eigenvalue weighted by molar-refractivity contribution is 7.85. The molecule has 2 fully saturated rings. The molecule has 1 aliphatic carbocycles. The van der Waals surface area contributed by atoms with Crippen molar-refractivity contribution in [3.8, 4) is 0 Å². The van der Waals surface area contributed by atoms with Crippen molar-refractivity contribution < 1.29 is 18.9 Å². The first-order valence-corrected chi connectivity index (χ1v) is 15.9. The van der Waals surface area contributed by atoms with Crippen LogP contribution in [-0.2, 0) is 20.6 Å². The third-order valence-electron chi connectivity index (χ3n) is 7.68. The Morgan fingerprint density at radius 1 is 1.05 bits per heavy atom. The highest BCUT2D eigenvalue weighted by atomic mass is 35.5. The first-order chi connectivity index (χ1) is 19.6. The minimum atomic E-state index is -1.35. The second-order valence-corrected chi connectivity index (χ2v) is 13.0. The van der Waals surface area contributed by atoms with Gasteiger partial charge in [0.05, 0.1) is 30.5 Å². The second kappa shape index (κ2) is 13.8. The van der Waals surface area contributed by atoms with Crippen LogP contribution < -0.4 is 4.31 Å². The van der Waals surface area contributed by atoms with Gasteiger partial charge >= 0.3 is 5.97 Å². The number of pyridine rings is 1. The summed E-state index contributed by atoms with van der Waals surface area (Å²) in [5, 5.41) is 10.9. The summed E-state index contributed by atoms with van der Waals surface area (Å²) < 4.78 is 14.5. The van der Waals surface area contributed by atoms with Crippen LogP contribution in [-0.4, -0.2) is 49.9 Å². The van der Waals surface area contributed by atoms with Crippen molar-refractivity contribution in [2.24, 2.45) is 11.3 Å². The van der Waals surface area contributed by atoms with Gasteiger partial charge in [0.2, 0.25) is 5.91 Å². The van der Waals surface area contributed by atoms with Crippen LogP contribution >= 0.6 is 23.2 Å². The van der Waals surface area contributed by atoms with Gasteiger partial charge in [-0.3, -0.25) is 13.9 Å². The Labute approximate surface area is 254 Å². The largest absolute Gasteiger partial charge is 0.481 e. The summed E-state index contributed by atoms with van der Waals surface area (Å²) >= 11 is 11.7. The van der Waals surface area contributed by atoms with E-state index in [0.717, 1.165) is 23.4 Å². The summed E-state index contributed by atoms with van der Waals surface area (Å²) in [5.74, 6) is -0.273. The molecule has 1 aliphatic heterocycles. The Morgan fingerprint density at radius 3 is 2.20 bits per heavy atom. The summed E-state index contributed by atoms with van der Waals surface area (Å²) in [6.45, 7) is 2.12. The minimum Gasteiger partial charge on any atom is -0.481 e. The molecule has 5 rings (SSSR count). The Kier molecular flexibility index (Phi) is 10.4. The van der Waals surface area contributed by atoms with Crippen LogP contribution in [0.25, 0.3) is 0 Å². The van der Waals surface area contributed by atoms with Crippen molar-refractivity contribution in [1.82, 2.24) is 9.88 Å². The molecule has 2 heterocycles. The maximum atomic E-state index is 14.0. The lowest BCUT2D eigenvalue weighted by Crippen LogP contribution is -2.57. The van der Waals surface area contributed by atoms with Crippen LogP contribution in [0.15, 0.2) is 79.0 Å².